The van der Waals surface area contributed by atoms with E-state index < -0.39 is 5.82 Å². The standard InChI is InChI=1S/C24H28FN5O2/c1-3-4-20-8-6-18(16-32-23-10-7-19(25)14-26-23)15-29(20)24(31)21-13-17(2)5-9-22(21)30-27-11-12-28-30/h5,7,9-14,18,20H,3-4,6,8,15-16H2,1-2H3/t18-,20?/m0/s1. The van der Waals surface area contributed by atoms with Crippen molar-refractivity contribution < 1.29 is 13.9 Å². The second-order valence-corrected chi connectivity index (χ2v) is 8.31. The third-order valence-corrected chi connectivity index (χ3v) is 5.87. The number of carbonyl (C=O) groups is 1. The number of aryl methyl sites for hydroxylation is 1. The van der Waals surface area contributed by atoms with E-state index in [1.54, 1.807) is 12.4 Å². The van der Waals surface area contributed by atoms with E-state index in [1.807, 2.05) is 30.0 Å². The van der Waals surface area contributed by atoms with Gasteiger partial charge in [0.2, 0.25) is 5.88 Å². The predicted octanol–water partition coefficient (Wildman–Crippen LogP) is 4.21. The van der Waals surface area contributed by atoms with E-state index in [0.717, 1.165) is 37.4 Å². The van der Waals surface area contributed by atoms with E-state index in [4.69, 9.17) is 4.74 Å². The van der Waals surface area contributed by atoms with Crippen LogP contribution in [0.4, 0.5) is 4.39 Å². The highest BCUT2D eigenvalue weighted by molar-refractivity contribution is 5.98. The molecule has 32 heavy (non-hydrogen) atoms. The van der Waals surface area contributed by atoms with Crippen LogP contribution in [-0.4, -0.2) is 50.0 Å². The number of ether oxygens (including phenoxy) is 1. The molecule has 0 radical (unpaired) electrons. The van der Waals surface area contributed by atoms with E-state index >= 15 is 0 Å². The summed E-state index contributed by atoms with van der Waals surface area (Å²) in [5.74, 6) is 0.166. The molecular formula is C24H28FN5O2. The van der Waals surface area contributed by atoms with Gasteiger partial charge in [-0.05, 0) is 44.4 Å². The lowest BCUT2D eigenvalue weighted by Gasteiger charge is -2.40. The number of aromatic nitrogens is 4. The van der Waals surface area contributed by atoms with Crippen LogP contribution in [0.2, 0.25) is 0 Å². The number of rotatable bonds is 7. The summed E-state index contributed by atoms with van der Waals surface area (Å²) in [5.41, 5.74) is 2.29. The molecule has 7 nitrogen and oxygen atoms in total. The van der Waals surface area contributed by atoms with Crippen LogP contribution in [0.25, 0.3) is 5.69 Å². The Labute approximate surface area is 187 Å². The van der Waals surface area contributed by atoms with Gasteiger partial charge in [-0.25, -0.2) is 9.37 Å². The van der Waals surface area contributed by atoms with Crippen LogP contribution in [0.5, 0.6) is 5.88 Å². The van der Waals surface area contributed by atoms with Gasteiger partial charge in [-0.2, -0.15) is 15.0 Å². The number of benzene rings is 1. The van der Waals surface area contributed by atoms with Crippen molar-refractivity contribution in [1.29, 1.82) is 0 Å². The number of likely N-dealkylation sites (tertiary alicyclic amines) is 1. The average Bonchev–Trinajstić information content (AvgIpc) is 3.34. The summed E-state index contributed by atoms with van der Waals surface area (Å²) in [6, 6.07) is 8.80. The van der Waals surface area contributed by atoms with Crippen molar-refractivity contribution in [2.75, 3.05) is 13.2 Å². The first kappa shape index (κ1) is 21.9. The quantitative estimate of drug-likeness (QED) is 0.554. The van der Waals surface area contributed by atoms with Crippen LogP contribution < -0.4 is 4.74 Å². The molecule has 4 rings (SSSR count). The largest absolute Gasteiger partial charge is 0.477 e. The molecule has 0 bridgehead atoms. The summed E-state index contributed by atoms with van der Waals surface area (Å²) in [5, 5.41) is 8.45. The lowest BCUT2D eigenvalue weighted by Crippen LogP contribution is -2.48. The van der Waals surface area contributed by atoms with Gasteiger partial charge in [0.05, 0.1) is 36.4 Å². The van der Waals surface area contributed by atoms with Crippen molar-refractivity contribution in [3.05, 3.63) is 65.9 Å². The van der Waals surface area contributed by atoms with E-state index in [0.29, 0.717) is 30.3 Å². The maximum Gasteiger partial charge on any atom is 0.256 e. The Balaban J connectivity index is 1.54. The highest BCUT2D eigenvalue weighted by Crippen LogP contribution is 2.29. The van der Waals surface area contributed by atoms with Gasteiger partial charge < -0.3 is 9.64 Å². The Hall–Kier alpha value is -3.29. The molecule has 168 valence electrons. The molecule has 8 heteroatoms. The average molecular weight is 438 g/mol. The topological polar surface area (TPSA) is 73.1 Å². The summed E-state index contributed by atoms with van der Waals surface area (Å²) in [6.07, 6.45) is 8.21. The second kappa shape index (κ2) is 9.89. The molecule has 3 aromatic rings. The zero-order chi connectivity index (χ0) is 22.5. The predicted molar refractivity (Wildman–Crippen MR) is 118 cm³/mol. The van der Waals surface area contributed by atoms with E-state index in [-0.39, 0.29) is 17.9 Å². The Morgan fingerprint density at radius 2 is 2.00 bits per heavy atom. The third-order valence-electron chi connectivity index (χ3n) is 5.87. The van der Waals surface area contributed by atoms with Gasteiger partial charge in [0.15, 0.2) is 0 Å². The molecule has 0 saturated carbocycles. The van der Waals surface area contributed by atoms with E-state index in [9.17, 15) is 9.18 Å². The number of nitrogens with zero attached hydrogens (tertiary/aromatic N) is 5. The fourth-order valence-electron chi connectivity index (χ4n) is 4.26. The minimum atomic E-state index is -0.394. The molecule has 1 unspecified atom stereocenters. The zero-order valence-corrected chi connectivity index (χ0v) is 18.4. The number of halogens is 1. The Bertz CT molecular complexity index is 1040. The minimum Gasteiger partial charge on any atom is -0.477 e. The Morgan fingerprint density at radius 1 is 1.19 bits per heavy atom. The molecule has 0 aliphatic carbocycles. The maximum atomic E-state index is 13.8. The van der Waals surface area contributed by atoms with Gasteiger partial charge in [-0.1, -0.05) is 25.0 Å². The number of pyridine rings is 1. The van der Waals surface area contributed by atoms with E-state index in [1.165, 1.54) is 16.9 Å². The van der Waals surface area contributed by atoms with Crippen LogP contribution in [0.1, 0.15) is 48.5 Å². The first-order valence-electron chi connectivity index (χ1n) is 11.1. The molecule has 1 aliphatic rings. The fraction of sp³-hybridized carbons (Fsp3) is 0.417. The number of amides is 1. The summed E-state index contributed by atoms with van der Waals surface area (Å²) in [7, 11) is 0. The van der Waals surface area contributed by atoms with Gasteiger partial charge in [-0.15, -0.1) is 0 Å². The first-order chi connectivity index (χ1) is 15.5. The molecule has 1 saturated heterocycles. The number of hydrogen-bond acceptors (Lipinski definition) is 5. The molecule has 1 aliphatic heterocycles. The van der Waals surface area contributed by atoms with Crippen LogP contribution in [0.3, 0.4) is 0 Å². The lowest BCUT2D eigenvalue weighted by atomic mass is 9.90. The smallest absolute Gasteiger partial charge is 0.256 e. The summed E-state index contributed by atoms with van der Waals surface area (Å²) < 4.78 is 18.9. The Morgan fingerprint density at radius 3 is 2.72 bits per heavy atom. The fourth-order valence-corrected chi connectivity index (χ4v) is 4.26. The van der Waals surface area contributed by atoms with Crippen LogP contribution in [0.15, 0.2) is 48.9 Å². The molecule has 1 aromatic carbocycles. The van der Waals surface area contributed by atoms with Crippen molar-refractivity contribution in [3.63, 3.8) is 0 Å². The van der Waals surface area contributed by atoms with Crippen LogP contribution in [0, 0.1) is 18.7 Å². The van der Waals surface area contributed by atoms with Crippen molar-refractivity contribution >= 4 is 5.91 Å². The minimum absolute atomic E-state index is 0.0101. The molecule has 3 heterocycles. The normalized spacial score (nSPS) is 18.5. The second-order valence-electron chi connectivity index (χ2n) is 8.31. The van der Waals surface area contributed by atoms with Crippen molar-refractivity contribution in [1.82, 2.24) is 24.9 Å². The number of hydrogen-bond donors (Lipinski definition) is 0. The Kier molecular flexibility index (Phi) is 6.78. The summed E-state index contributed by atoms with van der Waals surface area (Å²) in [4.78, 5) is 21.2. The molecule has 1 amide bonds. The monoisotopic (exact) mass is 437 g/mol. The maximum absolute atomic E-state index is 13.8. The molecule has 0 spiro atoms. The van der Waals surface area contributed by atoms with Gasteiger partial charge in [0.1, 0.15) is 5.82 Å². The molecule has 2 aromatic heterocycles. The summed E-state index contributed by atoms with van der Waals surface area (Å²) in [6.45, 7) is 5.15. The van der Waals surface area contributed by atoms with Crippen molar-refractivity contribution in [2.45, 2.75) is 45.6 Å². The van der Waals surface area contributed by atoms with Gasteiger partial charge >= 0.3 is 0 Å². The van der Waals surface area contributed by atoms with Crippen LogP contribution >= 0.6 is 0 Å². The van der Waals surface area contributed by atoms with Gasteiger partial charge in [-0.3, -0.25) is 4.79 Å². The highest BCUT2D eigenvalue weighted by Gasteiger charge is 2.33. The molecular weight excluding hydrogens is 409 g/mol. The molecule has 1 fully saturated rings. The summed E-state index contributed by atoms with van der Waals surface area (Å²) >= 11 is 0. The number of carbonyl (C=O) groups excluding carboxylic acids is 1. The number of piperidine rings is 1. The van der Waals surface area contributed by atoms with Gasteiger partial charge in [0.25, 0.3) is 5.91 Å². The third kappa shape index (κ3) is 4.95. The lowest BCUT2D eigenvalue weighted by molar-refractivity contribution is 0.0454. The van der Waals surface area contributed by atoms with Crippen LogP contribution in [-0.2, 0) is 0 Å². The van der Waals surface area contributed by atoms with Crippen molar-refractivity contribution in [2.24, 2.45) is 5.92 Å². The van der Waals surface area contributed by atoms with Crippen molar-refractivity contribution in [3.8, 4) is 11.6 Å². The van der Waals surface area contributed by atoms with Gasteiger partial charge in [0, 0.05) is 24.6 Å². The first-order valence-corrected chi connectivity index (χ1v) is 11.1. The van der Waals surface area contributed by atoms with E-state index in [2.05, 4.69) is 22.1 Å². The highest BCUT2D eigenvalue weighted by atomic mass is 19.1. The molecule has 0 N–H and O–H groups in total. The molecule has 2 atom stereocenters. The SMILES string of the molecule is CCCC1CC[C@H](COc2ccc(F)cn2)CN1C(=O)c1cc(C)ccc1-n1nccn1. The zero-order valence-electron chi connectivity index (χ0n) is 18.4.